The maximum absolute atomic E-state index is 12.6. The molecule has 8 heteroatoms. The first-order valence-electron chi connectivity index (χ1n) is 9.15. The number of hydrogen-bond acceptors (Lipinski definition) is 6. The molecule has 2 N–H and O–H groups in total. The van der Waals surface area contributed by atoms with Gasteiger partial charge in [-0.2, -0.15) is 0 Å². The summed E-state index contributed by atoms with van der Waals surface area (Å²) in [5.41, 5.74) is 4.18. The van der Waals surface area contributed by atoms with E-state index in [4.69, 9.17) is 9.47 Å². The van der Waals surface area contributed by atoms with E-state index in [0.717, 1.165) is 16.2 Å². The first kappa shape index (κ1) is 22.6. The lowest BCUT2D eigenvalue weighted by molar-refractivity contribution is -0.885. The molecule has 0 fully saturated rings. The standard InChI is InChI=1S/C21H26N2O5S/c1-12-7-8-15(13(2)9-12)10-23(4)11-16(24)22-19-17(20(25)27-5)14(3)18(29-19)21(26)28-6/h7-9H,10-11H2,1-6H3,(H,22,24)/p+1. The predicted molar refractivity (Wildman–Crippen MR) is 112 cm³/mol. The summed E-state index contributed by atoms with van der Waals surface area (Å²) in [6.07, 6.45) is 0. The molecule has 0 spiro atoms. The second-order valence-corrected chi connectivity index (χ2v) is 8.05. The Morgan fingerprint density at radius 1 is 1.07 bits per heavy atom. The molecule has 0 aliphatic rings. The Labute approximate surface area is 174 Å². The van der Waals surface area contributed by atoms with Crippen LogP contribution >= 0.6 is 11.3 Å². The molecule has 2 rings (SSSR count). The molecule has 29 heavy (non-hydrogen) atoms. The third-order valence-electron chi connectivity index (χ3n) is 4.61. The minimum absolute atomic E-state index is 0.179. The van der Waals surface area contributed by atoms with Crippen molar-refractivity contribution in [2.24, 2.45) is 0 Å². The number of anilines is 1. The third kappa shape index (κ3) is 5.42. The summed E-state index contributed by atoms with van der Waals surface area (Å²) in [6.45, 7) is 6.63. The van der Waals surface area contributed by atoms with Crippen molar-refractivity contribution in [1.82, 2.24) is 0 Å². The molecule has 1 atom stereocenters. The Balaban J connectivity index is 2.15. The van der Waals surface area contributed by atoms with Gasteiger partial charge in [0.05, 0.1) is 26.8 Å². The van der Waals surface area contributed by atoms with Gasteiger partial charge < -0.3 is 19.7 Å². The van der Waals surface area contributed by atoms with Crippen LogP contribution < -0.4 is 10.2 Å². The van der Waals surface area contributed by atoms with Crippen molar-refractivity contribution in [2.45, 2.75) is 27.3 Å². The van der Waals surface area contributed by atoms with Crippen LogP contribution in [0.25, 0.3) is 0 Å². The minimum atomic E-state index is -0.611. The number of methoxy groups -OCH3 is 2. The summed E-state index contributed by atoms with van der Waals surface area (Å²) < 4.78 is 9.56. The lowest BCUT2D eigenvalue weighted by Crippen LogP contribution is -3.08. The van der Waals surface area contributed by atoms with Crippen LogP contribution in [0.15, 0.2) is 18.2 Å². The molecular formula is C21H27N2O5S+. The zero-order valence-corrected chi connectivity index (χ0v) is 18.4. The fourth-order valence-electron chi connectivity index (χ4n) is 3.11. The Morgan fingerprint density at radius 3 is 2.31 bits per heavy atom. The van der Waals surface area contributed by atoms with E-state index in [-0.39, 0.29) is 22.9 Å². The van der Waals surface area contributed by atoms with Crippen molar-refractivity contribution >= 4 is 34.2 Å². The summed E-state index contributed by atoms with van der Waals surface area (Å²) in [5.74, 6) is -1.42. The van der Waals surface area contributed by atoms with Gasteiger partial charge in [-0.15, -0.1) is 11.3 Å². The number of benzene rings is 1. The Hall–Kier alpha value is -2.71. The van der Waals surface area contributed by atoms with Gasteiger partial charge in [-0.1, -0.05) is 23.8 Å². The number of carbonyl (C=O) groups is 3. The summed E-state index contributed by atoms with van der Waals surface area (Å²) in [4.78, 5) is 38.0. The molecule has 2 aromatic rings. The zero-order chi connectivity index (χ0) is 21.7. The highest BCUT2D eigenvalue weighted by Crippen LogP contribution is 2.34. The quantitative estimate of drug-likeness (QED) is 0.670. The van der Waals surface area contributed by atoms with Crippen LogP contribution in [-0.4, -0.2) is 45.7 Å². The molecule has 0 saturated heterocycles. The molecule has 1 unspecified atom stereocenters. The first-order valence-corrected chi connectivity index (χ1v) is 9.96. The van der Waals surface area contributed by atoms with E-state index in [2.05, 4.69) is 30.4 Å². The molecule has 1 heterocycles. The summed E-state index contributed by atoms with van der Waals surface area (Å²) in [5, 5.41) is 3.05. The van der Waals surface area contributed by atoms with Crippen LogP contribution in [0.4, 0.5) is 5.00 Å². The normalized spacial score (nSPS) is 11.7. The van der Waals surface area contributed by atoms with E-state index >= 15 is 0 Å². The Kier molecular flexibility index (Phi) is 7.53. The topological polar surface area (TPSA) is 86.1 Å². The summed E-state index contributed by atoms with van der Waals surface area (Å²) >= 11 is 1.01. The number of ether oxygens (including phenoxy) is 2. The van der Waals surface area contributed by atoms with Crippen LogP contribution in [0, 0.1) is 20.8 Å². The van der Waals surface area contributed by atoms with Gasteiger partial charge in [0, 0.05) is 5.56 Å². The molecular weight excluding hydrogens is 392 g/mol. The number of carbonyl (C=O) groups excluding carboxylic acids is 3. The Morgan fingerprint density at radius 2 is 1.72 bits per heavy atom. The van der Waals surface area contributed by atoms with Crippen LogP contribution in [0.2, 0.25) is 0 Å². The molecule has 0 radical (unpaired) electrons. The van der Waals surface area contributed by atoms with E-state index in [1.807, 2.05) is 14.0 Å². The zero-order valence-electron chi connectivity index (χ0n) is 17.6. The van der Waals surface area contributed by atoms with Crippen molar-refractivity contribution in [2.75, 3.05) is 33.1 Å². The molecule has 7 nitrogen and oxygen atoms in total. The number of esters is 2. The van der Waals surface area contributed by atoms with Gasteiger partial charge >= 0.3 is 11.9 Å². The van der Waals surface area contributed by atoms with Gasteiger partial charge in [0.25, 0.3) is 5.91 Å². The lowest BCUT2D eigenvalue weighted by atomic mass is 10.1. The molecule has 0 saturated carbocycles. The van der Waals surface area contributed by atoms with Crippen LogP contribution in [0.1, 0.15) is 42.3 Å². The minimum Gasteiger partial charge on any atom is -0.465 e. The number of rotatable bonds is 7. The highest BCUT2D eigenvalue weighted by Gasteiger charge is 2.27. The fourth-order valence-corrected chi connectivity index (χ4v) is 4.24. The fraction of sp³-hybridized carbons (Fsp3) is 0.381. The molecule has 1 aromatic carbocycles. The smallest absolute Gasteiger partial charge is 0.348 e. The summed E-state index contributed by atoms with van der Waals surface area (Å²) in [7, 11) is 4.45. The molecule has 0 aliphatic carbocycles. The SMILES string of the molecule is COC(=O)c1sc(NC(=O)C[NH+](C)Cc2ccc(C)cc2C)c(C(=O)OC)c1C. The second kappa shape index (κ2) is 9.67. The average molecular weight is 420 g/mol. The molecule has 156 valence electrons. The number of likely N-dealkylation sites (N-methyl/N-ethyl adjacent to an activating group) is 1. The lowest BCUT2D eigenvalue weighted by Gasteiger charge is -2.15. The van der Waals surface area contributed by atoms with E-state index in [1.54, 1.807) is 6.92 Å². The number of aryl methyl sites for hydroxylation is 2. The molecule has 0 bridgehead atoms. The van der Waals surface area contributed by atoms with Crippen molar-refractivity contribution in [3.63, 3.8) is 0 Å². The maximum atomic E-state index is 12.6. The number of quaternary nitrogens is 1. The number of amides is 1. The van der Waals surface area contributed by atoms with Crippen LogP contribution in [0.3, 0.4) is 0 Å². The van der Waals surface area contributed by atoms with Crippen molar-refractivity contribution in [1.29, 1.82) is 0 Å². The van der Waals surface area contributed by atoms with Gasteiger partial charge in [-0.3, -0.25) is 4.79 Å². The average Bonchev–Trinajstić information content (AvgIpc) is 2.98. The largest absolute Gasteiger partial charge is 0.465 e. The molecule has 1 amide bonds. The van der Waals surface area contributed by atoms with Crippen molar-refractivity contribution in [3.8, 4) is 0 Å². The number of thiophene rings is 1. The van der Waals surface area contributed by atoms with E-state index in [9.17, 15) is 14.4 Å². The monoisotopic (exact) mass is 419 g/mol. The van der Waals surface area contributed by atoms with Crippen molar-refractivity contribution in [3.05, 3.63) is 50.9 Å². The predicted octanol–water partition coefficient (Wildman–Crippen LogP) is 1.90. The molecule has 1 aromatic heterocycles. The molecule has 0 aliphatic heterocycles. The summed E-state index contributed by atoms with van der Waals surface area (Å²) in [6, 6.07) is 6.25. The van der Waals surface area contributed by atoms with Crippen LogP contribution in [0.5, 0.6) is 0 Å². The van der Waals surface area contributed by atoms with Gasteiger partial charge in [0.15, 0.2) is 6.54 Å². The van der Waals surface area contributed by atoms with Gasteiger partial charge in [0.1, 0.15) is 16.4 Å². The van der Waals surface area contributed by atoms with Gasteiger partial charge in [-0.05, 0) is 31.9 Å². The van der Waals surface area contributed by atoms with Crippen molar-refractivity contribution < 1.29 is 28.8 Å². The van der Waals surface area contributed by atoms with Gasteiger partial charge in [-0.25, -0.2) is 9.59 Å². The van der Waals surface area contributed by atoms with Crippen LogP contribution in [-0.2, 0) is 20.8 Å². The van der Waals surface area contributed by atoms with Gasteiger partial charge in [0.2, 0.25) is 0 Å². The number of nitrogens with one attached hydrogen (secondary N) is 2. The van der Waals surface area contributed by atoms with E-state index in [0.29, 0.717) is 17.1 Å². The Bertz CT molecular complexity index is 935. The third-order valence-corrected chi connectivity index (χ3v) is 5.80. The number of hydrogen-bond donors (Lipinski definition) is 2. The van der Waals surface area contributed by atoms with E-state index in [1.165, 1.54) is 30.9 Å². The first-order chi connectivity index (χ1) is 13.7. The maximum Gasteiger partial charge on any atom is 0.348 e. The highest BCUT2D eigenvalue weighted by atomic mass is 32.1. The highest BCUT2D eigenvalue weighted by molar-refractivity contribution is 7.18. The second-order valence-electron chi connectivity index (χ2n) is 7.03. The van der Waals surface area contributed by atoms with E-state index < -0.39 is 11.9 Å².